The number of benzene rings is 2. The average molecular weight is 300 g/mol. The van der Waals surface area contributed by atoms with Crippen molar-refractivity contribution in [2.24, 2.45) is 0 Å². The lowest BCUT2D eigenvalue weighted by Crippen LogP contribution is -2.26. The molecule has 0 saturated carbocycles. The normalized spacial score (nSPS) is 10.1. The number of methoxy groups -OCH3 is 2. The number of amides is 1. The topological polar surface area (TPSA) is 73.6 Å². The zero-order chi connectivity index (χ0) is 15.9. The van der Waals surface area contributed by atoms with E-state index in [0.717, 1.165) is 17.7 Å². The van der Waals surface area contributed by atoms with E-state index in [0.29, 0.717) is 23.5 Å². The van der Waals surface area contributed by atoms with E-state index >= 15 is 0 Å². The Morgan fingerprint density at radius 3 is 2.27 bits per heavy atom. The Morgan fingerprint density at radius 1 is 1.05 bits per heavy atom. The van der Waals surface area contributed by atoms with Gasteiger partial charge < -0.3 is 20.5 Å². The van der Waals surface area contributed by atoms with Crippen LogP contribution in [-0.4, -0.2) is 26.7 Å². The highest BCUT2D eigenvalue weighted by atomic mass is 16.5. The smallest absolute Gasteiger partial charge is 0.253 e. The number of hydrogen-bond donors (Lipinski definition) is 2. The van der Waals surface area contributed by atoms with Gasteiger partial charge in [0, 0.05) is 18.3 Å². The highest BCUT2D eigenvalue weighted by molar-refractivity contribution is 5.99. The van der Waals surface area contributed by atoms with Crippen LogP contribution in [0.2, 0.25) is 0 Å². The van der Waals surface area contributed by atoms with E-state index in [1.54, 1.807) is 32.4 Å². The van der Waals surface area contributed by atoms with Gasteiger partial charge in [0.25, 0.3) is 5.91 Å². The average Bonchev–Trinajstić information content (AvgIpc) is 2.55. The van der Waals surface area contributed by atoms with Gasteiger partial charge in [-0.1, -0.05) is 12.1 Å². The van der Waals surface area contributed by atoms with Crippen LogP contribution >= 0.6 is 0 Å². The van der Waals surface area contributed by atoms with Crippen molar-refractivity contribution >= 4 is 11.6 Å². The molecule has 5 heteroatoms. The Kier molecular flexibility index (Phi) is 5.25. The zero-order valence-corrected chi connectivity index (χ0v) is 12.8. The van der Waals surface area contributed by atoms with Gasteiger partial charge in [-0.25, -0.2) is 0 Å². The second-order valence-corrected chi connectivity index (χ2v) is 4.81. The van der Waals surface area contributed by atoms with Crippen molar-refractivity contribution in [1.82, 2.24) is 5.32 Å². The molecule has 0 bridgehead atoms. The standard InChI is InChI=1S/C17H20N2O3/c1-21-13-5-3-12(4-6-13)9-10-19-17(20)15-8-7-14(22-2)11-16(15)18/h3-8,11H,9-10,18H2,1-2H3,(H,19,20). The van der Waals surface area contributed by atoms with Crippen LogP contribution < -0.4 is 20.5 Å². The SMILES string of the molecule is COc1ccc(CCNC(=O)c2ccc(OC)cc2N)cc1. The van der Waals surface area contributed by atoms with Crippen LogP contribution in [0.5, 0.6) is 11.5 Å². The number of carbonyl (C=O) groups is 1. The van der Waals surface area contributed by atoms with Crippen molar-refractivity contribution in [1.29, 1.82) is 0 Å². The summed E-state index contributed by atoms with van der Waals surface area (Å²) in [6.45, 7) is 0.538. The van der Waals surface area contributed by atoms with Crippen molar-refractivity contribution in [2.45, 2.75) is 6.42 Å². The summed E-state index contributed by atoms with van der Waals surface area (Å²) in [5.74, 6) is 1.26. The van der Waals surface area contributed by atoms with Crippen LogP contribution in [0.1, 0.15) is 15.9 Å². The van der Waals surface area contributed by atoms with Gasteiger partial charge in [-0.3, -0.25) is 4.79 Å². The Hall–Kier alpha value is -2.69. The van der Waals surface area contributed by atoms with Crippen LogP contribution in [0.4, 0.5) is 5.69 Å². The molecule has 0 aliphatic heterocycles. The molecule has 0 heterocycles. The van der Waals surface area contributed by atoms with Crippen LogP contribution in [0, 0.1) is 0 Å². The maximum atomic E-state index is 12.1. The summed E-state index contributed by atoms with van der Waals surface area (Å²) in [6, 6.07) is 12.8. The molecular weight excluding hydrogens is 280 g/mol. The molecule has 2 aromatic carbocycles. The van der Waals surface area contributed by atoms with Gasteiger partial charge in [-0.05, 0) is 36.2 Å². The third kappa shape index (κ3) is 3.91. The van der Waals surface area contributed by atoms with Gasteiger partial charge in [0.05, 0.1) is 19.8 Å². The van der Waals surface area contributed by atoms with E-state index in [9.17, 15) is 4.79 Å². The number of carbonyl (C=O) groups excluding carboxylic acids is 1. The molecule has 5 nitrogen and oxygen atoms in total. The van der Waals surface area contributed by atoms with E-state index in [2.05, 4.69) is 5.32 Å². The fourth-order valence-corrected chi connectivity index (χ4v) is 2.08. The molecule has 0 aromatic heterocycles. The molecular formula is C17H20N2O3. The molecule has 0 aliphatic carbocycles. The summed E-state index contributed by atoms with van der Waals surface area (Å²) in [7, 11) is 3.19. The van der Waals surface area contributed by atoms with Crippen LogP contribution in [0.25, 0.3) is 0 Å². The number of ether oxygens (including phenoxy) is 2. The Bertz CT molecular complexity index is 639. The highest BCUT2D eigenvalue weighted by Crippen LogP contribution is 2.19. The lowest BCUT2D eigenvalue weighted by Gasteiger charge is -2.09. The lowest BCUT2D eigenvalue weighted by molar-refractivity contribution is 0.0955. The molecule has 0 aliphatic rings. The quantitative estimate of drug-likeness (QED) is 0.803. The predicted octanol–water partition coefficient (Wildman–Crippen LogP) is 2.26. The molecule has 0 saturated heterocycles. The van der Waals surface area contributed by atoms with Gasteiger partial charge in [0.2, 0.25) is 0 Å². The van der Waals surface area contributed by atoms with E-state index < -0.39 is 0 Å². The molecule has 0 spiro atoms. The van der Waals surface area contributed by atoms with Crippen molar-refractivity contribution < 1.29 is 14.3 Å². The predicted molar refractivity (Wildman–Crippen MR) is 86.4 cm³/mol. The van der Waals surface area contributed by atoms with E-state index in [1.165, 1.54) is 0 Å². The molecule has 22 heavy (non-hydrogen) atoms. The van der Waals surface area contributed by atoms with Gasteiger partial charge in [-0.15, -0.1) is 0 Å². The summed E-state index contributed by atoms with van der Waals surface area (Å²) >= 11 is 0. The number of rotatable bonds is 6. The Morgan fingerprint density at radius 2 is 1.68 bits per heavy atom. The lowest BCUT2D eigenvalue weighted by atomic mass is 10.1. The molecule has 2 aromatic rings. The van der Waals surface area contributed by atoms with E-state index in [-0.39, 0.29) is 5.91 Å². The second kappa shape index (κ2) is 7.36. The first kappa shape index (κ1) is 15.7. The number of hydrogen-bond acceptors (Lipinski definition) is 4. The van der Waals surface area contributed by atoms with Crippen LogP contribution in [-0.2, 0) is 6.42 Å². The summed E-state index contributed by atoms with van der Waals surface area (Å²) in [5, 5.41) is 2.86. The minimum Gasteiger partial charge on any atom is -0.497 e. The number of anilines is 1. The zero-order valence-electron chi connectivity index (χ0n) is 12.8. The first-order chi connectivity index (χ1) is 10.6. The molecule has 0 radical (unpaired) electrons. The monoisotopic (exact) mass is 300 g/mol. The van der Waals surface area contributed by atoms with Crippen molar-refractivity contribution in [3.8, 4) is 11.5 Å². The van der Waals surface area contributed by atoms with Crippen molar-refractivity contribution in [3.63, 3.8) is 0 Å². The summed E-state index contributed by atoms with van der Waals surface area (Å²) < 4.78 is 10.2. The molecule has 2 rings (SSSR count). The van der Waals surface area contributed by atoms with Crippen LogP contribution in [0.15, 0.2) is 42.5 Å². The molecule has 0 unspecified atom stereocenters. The van der Waals surface area contributed by atoms with Gasteiger partial charge in [-0.2, -0.15) is 0 Å². The highest BCUT2D eigenvalue weighted by Gasteiger charge is 2.09. The minimum atomic E-state index is -0.186. The Labute approximate surface area is 130 Å². The number of nitrogen functional groups attached to an aromatic ring is 1. The first-order valence-electron chi connectivity index (χ1n) is 6.98. The molecule has 0 atom stereocenters. The largest absolute Gasteiger partial charge is 0.497 e. The third-order valence-electron chi connectivity index (χ3n) is 3.36. The third-order valence-corrected chi connectivity index (χ3v) is 3.36. The molecule has 3 N–H and O–H groups in total. The van der Waals surface area contributed by atoms with Gasteiger partial charge in [0.1, 0.15) is 11.5 Å². The fraction of sp³-hybridized carbons (Fsp3) is 0.235. The number of nitrogens with two attached hydrogens (primary N) is 1. The molecule has 0 fully saturated rings. The summed E-state index contributed by atoms with van der Waals surface area (Å²) in [4.78, 5) is 12.1. The molecule has 1 amide bonds. The van der Waals surface area contributed by atoms with E-state index in [4.69, 9.17) is 15.2 Å². The van der Waals surface area contributed by atoms with Crippen molar-refractivity contribution in [2.75, 3.05) is 26.5 Å². The maximum absolute atomic E-state index is 12.1. The fourth-order valence-electron chi connectivity index (χ4n) is 2.08. The van der Waals surface area contributed by atoms with Crippen LogP contribution in [0.3, 0.4) is 0 Å². The molecule has 116 valence electrons. The summed E-state index contributed by atoms with van der Waals surface area (Å²) in [6.07, 6.45) is 0.742. The summed E-state index contributed by atoms with van der Waals surface area (Å²) in [5.41, 5.74) is 7.84. The van der Waals surface area contributed by atoms with E-state index in [1.807, 2.05) is 24.3 Å². The Balaban J connectivity index is 1.89. The van der Waals surface area contributed by atoms with Gasteiger partial charge in [0.15, 0.2) is 0 Å². The maximum Gasteiger partial charge on any atom is 0.253 e. The first-order valence-corrected chi connectivity index (χ1v) is 6.98. The minimum absolute atomic E-state index is 0.186. The number of nitrogens with one attached hydrogen (secondary N) is 1. The van der Waals surface area contributed by atoms with Crippen molar-refractivity contribution in [3.05, 3.63) is 53.6 Å². The van der Waals surface area contributed by atoms with Gasteiger partial charge >= 0.3 is 0 Å². The second-order valence-electron chi connectivity index (χ2n) is 4.81.